The molecule has 3 heterocycles. The van der Waals surface area contributed by atoms with Crippen molar-refractivity contribution in [1.82, 2.24) is 10.2 Å². The molecule has 1 N–H and O–H groups in total. The topological polar surface area (TPSA) is 63.2 Å². The van der Waals surface area contributed by atoms with Gasteiger partial charge in [-0.2, -0.15) is 0 Å². The van der Waals surface area contributed by atoms with Gasteiger partial charge in [0, 0.05) is 43.7 Å². The smallest absolute Gasteiger partial charge is 0.267 e. The van der Waals surface area contributed by atoms with E-state index in [-0.39, 0.29) is 17.1 Å². The maximum Gasteiger partial charge on any atom is 0.267 e. The molecule has 1 unspecified atom stereocenters. The molecule has 1 aromatic carbocycles. The Morgan fingerprint density at radius 2 is 2.00 bits per heavy atom. The number of carbonyl (C=O) groups is 1. The van der Waals surface area contributed by atoms with Crippen LogP contribution in [0.5, 0.6) is 0 Å². The summed E-state index contributed by atoms with van der Waals surface area (Å²) in [5, 5.41) is 7.24. The number of hydrogen-bond donors (Lipinski definition) is 1. The zero-order valence-electron chi connectivity index (χ0n) is 17.8. The van der Waals surface area contributed by atoms with Crippen molar-refractivity contribution in [2.45, 2.75) is 51.0 Å². The summed E-state index contributed by atoms with van der Waals surface area (Å²) in [6.07, 6.45) is 6.05. The molecule has 3 aliphatic rings. The van der Waals surface area contributed by atoms with Crippen molar-refractivity contribution in [2.75, 3.05) is 39.4 Å². The monoisotopic (exact) mass is 417 g/mol. The van der Waals surface area contributed by atoms with E-state index >= 15 is 0 Å². The highest BCUT2D eigenvalue weighted by Gasteiger charge is 2.44. The van der Waals surface area contributed by atoms with Gasteiger partial charge in [0.2, 0.25) is 5.60 Å². The van der Waals surface area contributed by atoms with Crippen molar-refractivity contribution in [3.05, 3.63) is 35.6 Å². The van der Waals surface area contributed by atoms with Crippen molar-refractivity contribution in [3.63, 3.8) is 0 Å². The van der Waals surface area contributed by atoms with E-state index in [1.807, 2.05) is 0 Å². The predicted octanol–water partition coefficient (Wildman–Crippen LogP) is 3.11. The molecular weight excluding hydrogens is 385 g/mol. The SMILES string of the molecule is CC1(C(=O)NCC2(CN3CCCCC3)CCOCC2)CC(c2cccc(F)c2)=NO1. The maximum atomic E-state index is 13.5. The summed E-state index contributed by atoms with van der Waals surface area (Å²) in [5.74, 6) is -0.491. The van der Waals surface area contributed by atoms with E-state index in [0.29, 0.717) is 24.2 Å². The van der Waals surface area contributed by atoms with Crippen LogP contribution in [0.1, 0.15) is 51.0 Å². The molecule has 0 aliphatic carbocycles. The first kappa shape index (κ1) is 21.2. The summed E-state index contributed by atoms with van der Waals surface area (Å²) in [7, 11) is 0. The normalized spacial score (nSPS) is 26.7. The molecule has 1 aromatic rings. The van der Waals surface area contributed by atoms with Crippen LogP contribution in [-0.4, -0.2) is 61.5 Å². The molecule has 1 amide bonds. The first-order valence-electron chi connectivity index (χ1n) is 11.1. The molecule has 2 saturated heterocycles. The Hall–Kier alpha value is -1.99. The first-order chi connectivity index (χ1) is 14.5. The van der Waals surface area contributed by atoms with E-state index < -0.39 is 5.60 Å². The van der Waals surface area contributed by atoms with Crippen LogP contribution in [0.3, 0.4) is 0 Å². The summed E-state index contributed by atoms with van der Waals surface area (Å²) in [6.45, 7) is 7.12. The number of oxime groups is 1. The van der Waals surface area contributed by atoms with Crippen LogP contribution in [0, 0.1) is 11.2 Å². The molecule has 4 rings (SSSR count). The molecular formula is C23H32FN3O3. The van der Waals surface area contributed by atoms with Crippen LogP contribution in [0.4, 0.5) is 4.39 Å². The van der Waals surface area contributed by atoms with Crippen LogP contribution < -0.4 is 5.32 Å². The Morgan fingerprint density at radius 3 is 2.73 bits per heavy atom. The van der Waals surface area contributed by atoms with Crippen LogP contribution >= 0.6 is 0 Å². The van der Waals surface area contributed by atoms with Crippen LogP contribution in [0.25, 0.3) is 0 Å². The standard InChI is InChI=1S/C23H32FN3O3/c1-22(15-20(26-30-22)18-6-5-7-19(24)14-18)21(28)25-16-23(8-12-29-13-9-23)17-27-10-3-2-4-11-27/h5-7,14H,2-4,8-13,15-17H2,1H3,(H,25,28). The lowest BCUT2D eigenvalue weighted by molar-refractivity contribution is -0.142. The third-order valence-corrected chi connectivity index (χ3v) is 6.69. The van der Waals surface area contributed by atoms with Crippen molar-refractivity contribution in [1.29, 1.82) is 0 Å². The number of halogens is 1. The molecule has 0 spiro atoms. The minimum atomic E-state index is -1.07. The van der Waals surface area contributed by atoms with Gasteiger partial charge in [-0.05, 0) is 57.8 Å². The minimum absolute atomic E-state index is 0.0342. The lowest BCUT2D eigenvalue weighted by atomic mass is 9.79. The minimum Gasteiger partial charge on any atom is -0.381 e. The predicted molar refractivity (Wildman–Crippen MR) is 113 cm³/mol. The number of carbonyl (C=O) groups excluding carboxylic acids is 1. The molecule has 3 aliphatic heterocycles. The molecule has 0 radical (unpaired) electrons. The van der Waals surface area contributed by atoms with E-state index in [1.165, 1.54) is 31.4 Å². The Bertz CT molecular complexity index is 788. The third-order valence-electron chi connectivity index (χ3n) is 6.69. The molecule has 0 aromatic heterocycles. The van der Waals surface area contributed by atoms with Gasteiger partial charge in [-0.1, -0.05) is 23.7 Å². The van der Waals surface area contributed by atoms with Gasteiger partial charge in [-0.15, -0.1) is 0 Å². The fourth-order valence-corrected chi connectivity index (χ4v) is 4.73. The zero-order chi connectivity index (χ0) is 21.0. The second-order valence-corrected chi connectivity index (χ2v) is 9.18. The van der Waals surface area contributed by atoms with Crippen molar-refractivity contribution in [2.24, 2.45) is 10.6 Å². The highest BCUT2D eigenvalue weighted by Crippen LogP contribution is 2.33. The number of rotatable bonds is 6. The maximum absolute atomic E-state index is 13.5. The van der Waals surface area contributed by atoms with E-state index in [9.17, 15) is 9.18 Å². The molecule has 164 valence electrons. The molecule has 6 nitrogen and oxygen atoms in total. The average molecular weight is 418 g/mol. The van der Waals surface area contributed by atoms with E-state index in [4.69, 9.17) is 9.57 Å². The number of hydrogen-bond acceptors (Lipinski definition) is 5. The number of ether oxygens (including phenoxy) is 1. The Labute approximate surface area is 177 Å². The van der Waals surface area contributed by atoms with Crippen molar-refractivity contribution >= 4 is 11.6 Å². The Balaban J connectivity index is 1.37. The van der Waals surface area contributed by atoms with Gasteiger partial charge in [-0.3, -0.25) is 4.79 Å². The molecule has 0 bridgehead atoms. The summed E-state index contributed by atoms with van der Waals surface area (Å²) in [6, 6.07) is 6.23. The Kier molecular flexibility index (Phi) is 6.39. The summed E-state index contributed by atoms with van der Waals surface area (Å²) in [5.41, 5.74) is 0.213. The van der Waals surface area contributed by atoms with Gasteiger partial charge in [0.15, 0.2) is 0 Å². The second kappa shape index (κ2) is 9.02. The van der Waals surface area contributed by atoms with E-state index in [2.05, 4.69) is 15.4 Å². The molecule has 7 heteroatoms. The van der Waals surface area contributed by atoms with Crippen molar-refractivity contribution < 1.29 is 18.8 Å². The number of benzene rings is 1. The average Bonchev–Trinajstić information content (AvgIpc) is 3.17. The first-order valence-corrected chi connectivity index (χ1v) is 11.1. The number of amides is 1. The van der Waals surface area contributed by atoms with Crippen LogP contribution in [0.2, 0.25) is 0 Å². The lowest BCUT2D eigenvalue weighted by Gasteiger charge is -2.42. The fourth-order valence-electron chi connectivity index (χ4n) is 4.73. The molecule has 0 saturated carbocycles. The summed E-state index contributed by atoms with van der Waals surface area (Å²) in [4.78, 5) is 21.2. The molecule has 2 fully saturated rings. The van der Waals surface area contributed by atoms with Crippen LogP contribution in [0.15, 0.2) is 29.4 Å². The highest BCUT2D eigenvalue weighted by atomic mass is 19.1. The van der Waals surface area contributed by atoms with Gasteiger partial charge in [-0.25, -0.2) is 4.39 Å². The molecule has 30 heavy (non-hydrogen) atoms. The zero-order valence-corrected chi connectivity index (χ0v) is 17.8. The molecule has 1 atom stereocenters. The van der Waals surface area contributed by atoms with Gasteiger partial charge < -0.3 is 19.8 Å². The number of piperidine rings is 1. The van der Waals surface area contributed by atoms with E-state index in [1.54, 1.807) is 19.1 Å². The second-order valence-electron chi connectivity index (χ2n) is 9.18. The Morgan fingerprint density at radius 1 is 1.23 bits per heavy atom. The number of nitrogens with one attached hydrogen (secondary N) is 1. The number of nitrogens with zero attached hydrogens (tertiary/aromatic N) is 2. The van der Waals surface area contributed by atoms with Gasteiger partial charge in [0.25, 0.3) is 5.91 Å². The number of likely N-dealkylation sites (tertiary alicyclic amines) is 1. The van der Waals surface area contributed by atoms with E-state index in [0.717, 1.165) is 45.7 Å². The third kappa shape index (κ3) is 4.83. The largest absolute Gasteiger partial charge is 0.381 e. The quantitative estimate of drug-likeness (QED) is 0.773. The van der Waals surface area contributed by atoms with Gasteiger partial charge >= 0.3 is 0 Å². The van der Waals surface area contributed by atoms with Gasteiger partial charge in [0.1, 0.15) is 5.82 Å². The summed E-state index contributed by atoms with van der Waals surface area (Å²) < 4.78 is 19.2. The summed E-state index contributed by atoms with van der Waals surface area (Å²) >= 11 is 0. The lowest BCUT2D eigenvalue weighted by Crippen LogP contribution is -2.53. The van der Waals surface area contributed by atoms with Crippen LogP contribution in [-0.2, 0) is 14.4 Å². The van der Waals surface area contributed by atoms with Gasteiger partial charge in [0.05, 0.1) is 5.71 Å². The van der Waals surface area contributed by atoms with Crippen molar-refractivity contribution in [3.8, 4) is 0 Å². The highest BCUT2D eigenvalue weighted by molar-refractivity contribution is 6.05. The fraction of sp³-hybridized carbons (Fsp3) is 0.652.